The molecule has 4 nitrogen and oxygen atoms in total. The average molecular weight is 669 g/mol. The van der Waals surface area contributed by atoms with Crippen LogP contribution < -0.4 is 0 Å². The topological polar surface area (TPSA) is 65.2 Å². The smallest absolute Gasteiger partial charge is 0.219 e. The van der Waals surface area contributed by atoms with Crippen LogP contribution in [0.2, 0.25) is 0 Å². The van der Waals surface area contributed by atoms with Gasteiger partial charge in [-0.1, -0.05) is 124 Å². The highest BCUT2D eigenvalue weighted by Gasteiger charge is 2.32. The first kappa shape index (κ1) is 33.6. The van der Waals surface area contributed by atoms with E-state index in [0.717, 1.165) is 36.8 Å². The van der Waals surface area contributed by atoms with Crippen molar-refractivity contribution in [1.82, 2.24) is 0 Å². The van der Waals surface area contributed by atoms with Crippen molar-refractivity contribution >= 4 is 82.0 Å². The van der Waals surface area contributed by atoms with Crippen LogP contribution in [0, 0.1) is 0 Å². The summed E-state index contributed by atoms with van der Waals surface area (Å²) in [6.45, 7) is 12.3. The van der Waals surface area contributed by atoms with Crippen LogP contribution in [0.1, 0.15) is 101 Å². The van der Waals surface area contributed by atoms with Gasteiger partial charge in [0.15, 0.2) is 0 Å². The molecule has 2 aromatic rings. The largest absolute Gasteiger partial charge is 0.507 e. The highest BCUT2D eigenvalue weighted by molar-refractivity contribution is 6.67. The van der Waals surface area contributed by atoms with Gasteiger partial charge in [0.25, 0.3) is 0 Å². The Hall–Kier alpha value is -0.880. The third-order valence-corrected chi connectivity index (χ3v) is 8.35. The van der Waals surface area contributed by atoms with Crippen LogP contribution in [0.4, 0.5) is 0 Å². The lowest BCUT2D eigenvalue weighted by molar-refractivity contribution is 0.390. The molecule has 1 saturated carbocycles. The zero-order chi connectivity index (χ0) is 30.3. The van der Waals surface area contributed by atoms with Gasteiger partial charge < -0.3 is 10.2 Å². The first-order chi connectivity index (χ1) is 18.2. The standard InChI is InChI=1S/C30H36Cl6N2O2/c1-27(2,3)19-11-17(25(39)21(13-19)29(31,32)33)15-37-23-9-7-8-10-24(23)38-16-18-12-20(28(4,5)6)14-22(26(18)40)30(34,35)36/h11-16,23-24,39-40H,7-10H2,1-6H3. The normalized spacial score (nSPS) is 19.6. The van der Waals surface area contributed by atoms with E-state index >= 15 is 0 Å². The van der Waals surface area contributed by atoms with E-state index in [4.69, 9.17) is 79.6 Å². The molecule has 0 aromatic heterocycles. The Kier molecular flexibility index (Phi) is 10.4. The lowest BCUT2D eigenvalue weighted by Crippen LogP contribution is -2.27. The van der Waals surface area contributed by atoms with E-state index in [-0.39, 0.29) is 45.5 Å². The predicted molar refractivity (Wildman–Crippen MR) is 173 cm³/mol. The van der Waals surface area contributed by atoms with Gasteiger partial charge in [-0.05, 0) is 59.1 Å². The van der Waals surface area contributed by atoms with Gasteiger partial charge in [0.2, 0.25) is 7.59 Å². The maximum absolute atomic E-state index is 10.9. The second-order valence-electron chi connectivity index (χ2n) is 12.4. The number of hydrogen-bond donors (Lipinski definition) is 2. The Bertz CT molecular complexity index is 1180. The summed E-state index contributed by atoms with van der Waals surface area (Å²) in [5.41, 5.74) is 2.71. The number of nitrogens with zero attached hydrogens (tertiary/aromatic N) is 2. The lowest BCUT2D eigenvalue weighted by Gasteiger charge is -2.27. The highest BCUT2D eigenvalue weighted by atomic mass is 35.6. The van der Waals surface area contributed by atoms with Gasteiger partial charge in [-0.15, -0.1) is 0 Å². The lowest BCUT2D eigenvalue weighted by atomic mass is 9.84. The molecule has 0 aliphatic heterocycles. The Labute approximate surface area is 267 Å². The fourth-order valence-electron chi connectivity index (χ4n) is 4.60. The van der Waals surface area contributed by atoms with Crippen molar-refractivity contribution in [2.45, 2.75) is 97.7 Å². The summed E-state index contributed by atoms with van der Waals surface area (Å²) in [5, 5.41) is 21.9. The molecule has 1 aliphatic carbocycles. The molecule has 1 aliphatic rings. The molecule has 2 unspecified atom stereocenters. The first-order valence-corrected chi connectivity index (χ1v) is 15.4. The second-order valence-corrected chi connectivity index (χ2v) is 17.0. The van der Waals surface area contributed by atoms with Crippen LogP contribution >= 0.6 is 69.6 Å². The molecular formula is C30H36Cl6N2O2. The summed E-state index contributed by atoms with van der Waals surface area (Å²) in [7, 11) is 0. The van der Waals surface area contributed by atoms with Crippen molar-refractivity contribution in [2.75, 3.05) is 0 Å². The van der Waals surface area contributed by atoms with Crippen molar-refractivity contribution in [1.29, 1.82) is 0 Å². The third kappa shape index (κ3) is 8.36. The fourth-order valence-corrected chi connectivity index (χ4v) is 5.46. The molecule has 2 atom stereocenters. The van der Waals surface area contributed by atoms with E-state index in [1.807, 2.05) is 53.7 Å². The van der Waals surface area contributed by atoms with Crippen molar-refractivity contribution in [3.63, 3.8) is 0 Å². The molecule has 0 heterocycles. The predicted octanol–water partition coefficient (Wildman–Crippen LogP) is 10.2. The van der Waals surface area contributed by atoms with Gasteiger partial charge in [0.05, 0.1) is 12.1 Å². The molecule has 220 valence electrons. The van der Waals surface area contributed by atoms with Crippen molar-refractivity contribution < 1.29 is 10.2 Å². The number of aromatic hydroxyl groups is 2. The van der Waals surface area contributed by atoms with E-state index in [1.165, 1.54) is 0 Å². The minimum atomic E-state index is -1.79. The third-order valence-electron chi connectivity index (χ3n) is 7.13. The quantitative estimate of drug-likeness (QED) is 0.252. The minimum Gasteiger partial charge on any atom is -0.507 e. The van der Waals surface area contributed by atoms with Gasteiger partial charge in [-0.25, -0.2) is 0 Å². The van der Waals surface area contributed by atoms with Gasteiger partial charge in [0, 0.05) is 34.7 Å². The second kappa shape index (κ2) is 12.4. The Balaban J connectivity index is 2.00. The molecular weight excluding hydrogens is 633 g/mol. The number of phenols is 2. The number of hydrogen-bond acceptors (Lipinski definition) is 4. The number of phenolic OH excluding ortho intramolecular Hbond substituents is 2. The fraction of sp³-hybridized carbons (Fsp3) is 0.533. The summed E-state index contributed by atoms with van der Waals surface area (Å²) in [4.78, 5) is 9.67. The van der Waals surface area contributed by atoms with E-state index in [2.05, 4.69) is 0 Å². The minimum absolute atomic E-state index is 0.115. The first-order valence-electron chi connectivity index (χ1n) is 13.2. The Morgan fingerprint density at radius 2 is 0.950 bits per heavy atom. The van der Waals surface area contributed by atoms with Gasteiger partial charge in [0.1, 0.15) is 11.5 Å². The van der Waals surface area contributed by atoms with Crippen molar-refractivity contribution in [2.24, 2.45) is 9.98 Å². The Morgan fingerprint density at radius 1 is 0.625 bits per heavy atom. The van der Waals surface area contributed by atoms with E-state index in [1.54, 1.807) is 24.6 Å². The van der Waals surface area contributed by atoms with Crippen LogP contribution in [0.25, 0.3) is 0 Å². The van der Waals surface area contributed by atoms with Crippen LogP contribution in [-0.4, -0.2) is 34.7 Å². The zero-order valence-electron chi connectivity index (χ0n) is 23.5. The summed E-state index contributed by atoms with van der Waals surface area (Å²) >= 11 is 37.1. The van der Waals surface area contributed by atoms with Gasteiger partial charge in [-0.2, -0.15) is 0 Å². The molecule has 0 saturated heterocycles. The van der Waals surface area contributed by atoms with Gasteiger partial charge >= 0.3 is 0 Å². The highest BCUT2D eigenvalue weighted by Crippen LogP contribution is 2.46. The molecule has 40 heavy (non-hydrogen) atoms. The van der Waals surface area contributed by atoms with E-state index in [9.17, 15) is 10.2 Å². The molecule has 1 fully saturated rings. The van der Waals surface area contributed by atoms with Crippen LogP contribution in [0.3, 0.4) is 0 Å². The van der Waals surface area contributed by atoms with E-state index in [0.29, 0.717) is 11.1 Å². The zero-order valence-corrected chi connectivity index (χ0v) is 28.0. The SMILES string of the molecule is CC(C)(C)c1cc(C=NC2CCCCC2N=Cc2cc(C(C)(C)C)cc(C(Cl)(Cl)Cl)c2O)c(O)c(C(Cl)(Cl)Cl)c1. The van der Waals surface area contributed by atoms with Crippen LogP contribution in [0.5, 0.6) is 11.5 Å². The monoisotopic (exact) mass is 666 g/mol. The molecule has 0 radical (unpaired) electrons. The molecule has 0 bridgehead atoms. The maximum Gasteiger partial charge on any atom is 0.219 e. The Morgan fingerprint density at radius 3 is 1.23 bits per heavy atom. The molecule has 0 spiro atoms. The van der Waals surface area contributed by atoms with Crippen molar-refractivity contribution in [3.05, 3.63) is 57.6 Å². The summed E-state index contributed by atoms with van der Waals surface area (Å²) in [6.07, 6.45) is 6.93. The average Bonchev–Trinajstić information content (AvgIpc) is 2.80. The number of rotatable bonds is 4. The molecule has 2 N–H and O–H groups in total. The van der Waals surface area contributed by atoms with Crippen molar-refractivity contribution in [3.8, 4) is 11.5 Å². The number of alkyl halides is 6. The molecule has 10 heteroatoms. The van der Waals surface area contributed by atoms with Crippen LogP contribution in [-0.2, 0) is 18.4 Å². The summed E-state index contributed by atoms with van der Waals surface area (Å²) < 4.78 is -3.58. The number of halogens is 6. The summed E-state index contributed by atoms with van der Waals surface area (Å²) in [5.74, 6) is -0.230. The summed E-state index contributed by atoms with van der Waals surface area (Å²) in [6, 6.07) is 6.90. The molecule has 3 rings (SSSR count). The number of benzene rings is 2. The molecule has 2 aromatic carbocycles. The maximum atomic E-state index is 10.9. The van der Waals surface area contributed by atoms with E-state index < -0.39 is 7.59 Å². The van der Waals surface area contributed by atoms with Crippen LogP contribution in [0.15, 0.2) is 34.3 Å². The molecule has 0 amide bonds. The van der Waals surface area contributed by atoms with Gasteiger partial charge in [-0.3, -0.25) is 9.98 Å². The number of aliphatic imine (C=N–C) groups is 2.